The summed E-state index contributed by atoms with van der Waals surface area (Å²) in [5.41, 5.74) is 5.62. The Morgan fingerprint density at radius 3 is 2.62 bits per heavy atom. The zero-order chi connectivity index (χ0) is 15.8. The van der Waals surface area contributed by atoms with Crippen molar-refractivity contribution in [1.82, 2.24) is 4.31 Å². The molecule has 1 aliphatic rings. The van der Waals surface area contributed by atoms with Gasteiger partial charge < -0.3 is 10.8 Å². The molecule has 1 aromatic carbocycles. The summed E-state index contributed by atoms with van der Waals surface area (Å²) >= 11 is 0. The molecule has 0 radical (unpaired) electrons. The second-order valence-electron chi connectivity index (χ2n) is 4.96. The number of carbonyl (C=O) groups is 2. The van der Waals surface area contributed by atoms with Gasteiger partial charge in [-0.05, 0) is 37.5 Å². The average Bonchev–Trinajstić information content (AvgIpc) is 2.88. The van der Waals surface area contributed by atoms with Crippen molar-refractivity contribution in [3.63, 3.8) is 0 Å². The molecular weight excluding hydrogens is 296 g/mol. The van der Waals surface area contributed by atoms with Gasteiger partial charge >= 0.3 is 5.97 Å². The molecule has 0 aliphatic carbocycles. The van der Waals surface area contributed by atoms with Crippen molar-refractivity contribution in [2.75, 3.05) is 6.54 Å². The van der Waals surface area contributed by atoms with E-state index in [0.29, 0.717) is 18.4 Å². The van der Waals surface area contributed by atoms with Crippen molar-refractivity contribution in [2.24, 2.45) is 5.73 Å². The standard InChI is InChI=1S/C13H16N2O5S/c1-8-4-5-9(7-10(8)13(17)18)21(19,20)15-6-2-3-11(15)12(14)16/h4-5,7,11H,2-3,6H2,1H3,(H2,14,16)(H,17,18)/t11-/m1/s1. The van der Waals surface area contributed by atoms with Crippen LogP contribution >= 0.6 is 0 Å². The predicted octanol–water partition coefficient (Wildman–Crippen LogP) is 0.332. The Morgan fingerprint density at radius 1 is 1.38 bits per heavy atom. The Labute approximate surface area is 122 Å². The second-order valence-corrected chi connectivity index (χ2v) is 6.85. The Kier molecular flexibility index (Phi) is 4.02. The van der Waals surface area contributed by atoms with Gasteiger partial charge in [0.15, 0.2) is 0 Å². The van der Waals surface area contributed by atoms with Gasteiger partial charge in [0.1, 0.15) is 6.04 Å². The number of carboxylic acid groups (broad SMARTS) is 1. The second kappa shape index (κ2) is 5.45. The molecule has 1 saturated heterocycles. The van der Waals surface area contributed by atoms with E-state index < -0.39 is 27.9 Å². The summed E-state index contributed by atoms with van der Waals surface area (Å²) in [5.74, 6) is -1.89. The fourth-order valence-electron chi connectivity index (χ4n) is 2.44. The van der Waals surface area contributed by atoms with Crippen molar-refractivity contribution in [3.05, 3.63) is 29.3 Å². The number of aromatic carboxylic acids is 1. The molecule has 8 heteroatoms. The minimum absolute atomic E-state index is 0.0779. The molecule has 2 rings (SSSR count). The van der Waals surface area contributed by atoms with Gasteiger partial charge in [0.2, 0.25) is 15.9 Å². The van der Waals surface area contributed by atoms with E-state index in [4.69, 9.17) is 10.8 Å². The van der Waals surface area contributed by atoms with Gasteiger partial charge in [0.25, 0.3) is 0 Å². The van der Waals surface area contributed by atoms with Crippen molar-refractivity contribution in [1.29, 1.82) is 0 Å². The molecule has 1 heterocycles. The average molecular weight is 312 g/mol. The van der Waals surface area contributed by atoms with Crippen LogP contribution in [0.4, 0.5) is 0 Å². The highest BCUT2D eigenvalue weighted by Crippen LogP contribution is 2.27. The normalized spacial score (nSPS) is 19.6. The molecular formula is C13H16N2O5S. The number of benzene rings is 1. The molecule has 0 bridgehead atoms. The lowest BCUT2D eigenvalue weighted by Crippen LogP contribution is -2.43. The number of rotatable bonds is 4. The number of nitrogens with two attached hydrogens (primary N) is 1. The maximum Gasteiger partial charge on any atom is 0.335 e. The Balaban J connectivity index is 2.47. The predicted molar refractivity (Wildman–Crippen MR) is 74.2 cm³/mol. The Morgan fingerprint density at radius 2 is 2.05 bits per heavy atom. The minimum Gasteiger partial charge on any atom is -0.478 e. The van der Waals surface area contributed by atoms with Crippen LogP contribution in [-0.2, 0) is 14.8 Å². The SMILES string of the molecule is Cc1ccc(S(=O)(=O)N2CCC[C@@H]2C(N)=O)cc1C(=O)O. The van der Waals surface area contributed by atoms with Crippen molar-refractivity contribution >= 4 is 21.9 Å². The molecule has 0 spiro atoms. The lowest BCUT2D eigenvalue weighted by atomic mass is 10.1. The summed E-state index contributed by atoms with van der Waals surface area (Å²) in [6.45, 7) is 1.79. The molecule has 0 unspecified atom stereocenters. The molecule has 3 N–H and O–H groups in total. The van der Waals surface area contributed by atoms with Crippen molar-refractivity contribution in [2.45, 2.75) is 30.7 Å². The highest BCUT2D eigenvalue weighted by Gasteiger charge is 2.38. The van der Waals surface area contributed by atoms with Crippen LogP contribution < -0.4 is 5.73 Å². The number of aryl methyl sites for hydroxylation is 1. The van der Waals surface area contributed by atoms with Gasteiger partial charge in [-0.15, -0.1) is 0 Å². The maximum atomic E-state index is 12.6. The number of primary amides is 1. The Hall–Kier alpha value is -1.93. The summed E-state index contributed by atoms with van der Waals surface area (Å²) < 4.78 is 26.2. The van der Waals surface area contributed by atoms with Crippen LogP contribution in [0.5, 0.6) is 0 Å². The molecule has 1 atom stereocenters. The van der Waals surface area contributed by atoms with Crippen molar-refractivity contribution in [3.8, 4) is 0 Å². The third-order valence-corrected chi connectivity index (χ3v) is 5.48. The number of amides is 1. The number of hydrogen-bond donors (Lipinski definition) is 2. The summed E-state index contributed by atoms with van der Waals surface area (Å²) in [5, 5.41) is 9.08. The highest BCUT2D eigenvalue weighted by atomic mass is 32.2. The first-order chi connectivity index (χ1) is 9.75. The van der Waals surface area contributed by atoms with E-state index in [2.05, 4.69) is 0 Å². The molecule has 7 nitrogen and oxygen atoms in total. The van der Waals surface area contributed by atoms with Gasteiger partial charge in [-0.1, -0.05) is 6.07 Å². The Bertz CT molecular complexity index is 699. The van der Waals surface area contributed by atoms with E-state index in [0.717, 1.165) is 10.4 Å². The fourth-order valence-corrected chi connectivity index (χ4v) is 4.13. The topological polar surface area (TPSA) is 118 Å². The number of hydrogen-bond acceptors (Lipinski definition) is 4. The van der Waals surface area contributed by atoms with Gasteiger partial charge in [-0.3, -0.25) is 4.79 Å². The van der Waals surface area contributed by atoms with E-state index in [1.807, 2.05) is 0 Å². The van der Waals surface area contributed by atoms with Gasteiger partial charge in [0.05, 0.1) is 10.5 Å². The summed E-state index contributed by atoms with van der Waals surface area (Å²) in [4.78, 5) is 22.3. The van der Waals surface area contributed by atoms with Crippen LogP contribution in [0.2, 0.25) is 0 Å². The summed E-state index contributed by atoms with van der Waals surface area (Å²) in [7, 11) is -3.94. The van der Waals surface area contributed by atoms with Crippen LogP contribution in [0, 0.1) is 6.92 Å². The highest BCUT2D eigenvalue weighted by molar-refractivity contribution is 7.89. The molecule has 1 fully saturated rings. The zero-order valence-electron chi connectivity index (χ0n) is 11.4. The van der Waals surface area contributed by atoms with E-state index in [-0.39, 0.29) is 17.0 Å². The quantitative estimate of drug-likeness (QED) is 0.830. The van der Waals surface area contributed by atoms with Gasteiger partial charge in [-0.2, -0.15) is 4.31 Å². The molecule has 114 valence electrons. The first-order valence-electron chi connectivity index (χ1n) is 6.40. The van der Waals surface area contributed by atoms with E-state index in [1.165, 1.54) is 12.1 Å². The first kappa shape index (κ1) is 15.5. The zero-order valence-corrected chi connectivity index (χ0v) is 12.3. The summed E-state index contributed by atoms with van der Waals surface area (Å²) in [6.07, 6.45) is 0.927. The van der Waals surface area contributed by atoms with Crippen LogP contribution in [0.3, 0.4) is 0 Å². The first-order valence-corrected chi connectivity index (χ1v) is 7.84. The molecule has 0 saturated carbocycles. The molecule has 1 amide bonds. The third kappa shape index (κ3) is 2.77. The number of carbonyl (C=O) groups excluding carboxylic acids is 1. The van der Waals surface area contributed by atoms with Crippen LogP contribution in [-0.4, -0.2) is 42.3 Å². The number of carboxylic acids is 1. The lowest BCUT2D eigenvalue weighted by Gasteiger charge is -2.22. The molecule has 1 aromatic rings. The number of sulfonamides is 1. The minimum atomic E-state index is -3.94. The monoisotopic (exact) mass is 312 g/mol. The molecule has 1 aliphatic heterocycles. The van der Waals surface area contributed by atoms with E-state index >= 15 is 0 Å². The van der Waals surface area contributed by atoms with Crippen molar-refractivity contribution < 1.29 is 23.1 Å². The summed E-state index contributed by atoms with van der Waals surface area (Å²) in [6, 6.07) is 3.02. The fraction of sp³-hybridized carbons (Fsp3) is 0.385. The molecule has 21 heavy (non-hydrogen) atoms. The molecule has 0 aromatic heterocycles. The van der Waals surface area contributed by atoms with Gasteiger partial charge in [0, 0.05) is 6.54 Å². The van der Waals surface area contributed by atoms with Crippen LogP contribution in [0.1, 0.15) is 28.8 Å². The van der Waals surface area contributed by atoms with Crippen LogP contribution in [0.25, 0.3) is 0 Å². The largest absolute Gasteiger partial charge is 0.478 e. The lowest BCUT2D eigenvalue weighted by molar-refractivity contribution is -0.121. The third-order valence-electron chi connectivity index (χ3n) is 3.58. The van der Waals surface area contributed by atoms with Gasteiger partial charge in [-0.25, -0.2) is 13.2 Å². The van der Waals surface area contributed by atoms with Crippen LogP contribution in [0.15, 0.2) is 23.1 Å². The van der Waals surface area contributed by atoms with E-state index in [9.17, 15) is 18.0 Å². The smallest absolute Gasteiger partial charge is 0.335 e. The maximum absolute atomic E-state index is 12.6. The van der Waals surface area contributed by atoms with E-state index in [1.54, 1.807) is 6.92 Å². The number of nitrogens with zero attached hydrogens (tertiary/aromatic N) is 1.